The number of hydrogen-bond acceptors (Lipinski definition) is 3. The van der Waals surface area contributed by atoms with Gasteiger partial charge in [-0.05, 0) is 62.4 Å². The van der Waals surface area contributed by atoms with Gasteiger partial charge in [0.1, 0.15) is 11.8 Å². The summed E-state index contributed by atoms with van der Waals surface area (Å²) >= 11 is 0. The second kappa shape index (κ2) is 11.2. The minimum atomic E-state index is -0.555. The molecule has 32 heavy (non-hydrogen) atoms. The molecule has 1 atom stereocenters. The fourth-order valence-electron chi connectivity index (χ4n) is 4.37. The van der Waals surface area contributed by atoms with E-state index >= 15 is 0 Å². The number of nitrogens with zero attached hydrogens (tertiary/aromatic N) is 1. The molecule has 1 fully saturated rings. The molecular weight excluding hydrogens is 400 g/mol. The molecule has 1 N–H and O–H groups in total. The van der Waals surface area contributed by atoms with Crippen molar-refractivity contribution in [3.8, 4) is 5.75 Å². The second-order valence-corrected chi connectivity index (χ2v) is 9.00. The zero-order valence-corrected chi connectivity index (χ0v) is 19.8. The smallest absolute Gasteiger partial charge is 0.242 e. The Labute approximate surface area is 192 Å². The van der Waals surface area contributed by atoms with Crippen molar-refractivity contribution in [1.82, 2.24) is 10.2 Å². The minimum absolute atomic E-state index is 0.0483. The summed E-state index contributed by atoms with van der Waals surface area (Å²) in [5, 5.41) is 3.19. The average Bonchev–Trinajstić information content (AvgIpc) is 2.80. The third-order valence-electron chi connectivity index (χ3n) is 6.45. The highest BCUT2D eigenvalue weighted by molar-refractivity contribution is 5.88. The van der Waals surface area contributed by atoms with Crippen LogP contribution in [0.4, 0.5) is 0 Å². The van der Waals surface area contributed by atoms with E-state index in [0.29, 0.717) is 6.54 Å². The van der Waals surface area contributed by atoms with Crippen molar-refractivity contribution in [2.24, 2.45) is 0 Å². The van der Waals surface area contributed by atoms with Gasteiger partial charge in [-0.15, -0.1) is 0 Å². The van der Waals surface area contributed by atoms with Crippen LogP contribution in [0.25, 0.3) is 0 Å². The van der Waals surface area contributed by atoms with E-state index in [0.717, 1.165) is 53.7 Å². The van der Waals surface area contributed by atoms with Gasteiger partial charge in [0.15, 0.2) is 0 Å². The monoisotopic (exact) mass is 436 g/mol. The first-order chi connectivity index (χ1) is 15.4. The number of hydrogen-bond donors (Lipinski definition) is 1. The molecule has 1 unspecified atom stereocenters. The van der Waals surface area contributed by atoms with Gasteiger partial charge >= 0.3 is 0 Å². The fourth-order valence-corrected chi connectivity index (χ4v) is 4.37. The van der Waals surface area contributed by atoms with Crippen molar-refractivity contribution in [2.45, 2.75) is 77.9 Å². The van der Waals surface area contributed by atoms with Crippen LogP contribution in [0.1, 0.15) is 61.3 Å². The molecule has 0 aliphatic heterocycles. The molecule has 2 amide bonds. The van der Waals surface area contributed by atoms with E-state index in [-0.39, 0.29) is 24.3 Å². The highest BCUT2D eigenvalue weighted by Crippen LogP contribution is 2.20. The van der Waals surface area contributed by atoms with Gasteiger partial charge in [-0.2, -0.15) is 0 Å². The molecule has 172 valence electrons. The molecule has 0 spiro atoms. The van der Waals surface area contributed by atoms with Crippen molar-refractivity contribution in [3.63, 3.8) is 0 Å². The molecule has 1 aliphatic carbocycles. The lowest BCUT2D eigenvalue weighted by Crippen LogP contribution is -2.50. The number of carbonyl (C=O) groups is 2. The van der Waals surface area contributed by atoms with Gasteiger partial charge in [0, 0.05) is 12.6 Å². The number of carbonyl (C=O) groups excluding carboxylic acids is 2. The molecule has 5 nitrogen and oxygen atoms in total. The molecule has 5 heteroatoms. The highest BCUT2D eigenvalue weighted by atomic mass is 16.5. The zero-order valence-electron chi connectivity index (χ0n) is 19.8. The minimum Gasteiger partial charge on any atom is -0.497 e. The summed E-state index contributed by atoms with van der Waals surface area (Å²) in [4.78, 5) is 28.3. The Bertz CT molecular complexity index is 934. The number of benzene rings is 2. The van der Waals surface area contributed by atoms with E-state index in [1.165, 1.54) is 6.42 Å². The van der Waals surface area contributed by atoms with Crippen LogP contribution in [0, 0.1) is 13.8 Å². The summed E-state index contributed by atoms with van der Waals surface area (Å²) in [6.07, 6.45) is 5.85. The zero-order chi connectivity index (χ0) is 23.1. The van der Waals surface area contributed by atoms with Crippen LogP contribution in [0.3, 0.4) is 0 Å². The van der Waals surface area contributed by atoms with Crippen LogP contribution >= 0.6 is 0 Å². The maximum atomic E-state index is 13.5. The summed E-state index contributed by atoms with van der Waals surface area (Å²) in [5.74, 6) is 0.616. The third-order valence-corrected chi connectivity index (χ3v) is 6.45. The van der Waals surface area contributed by atoms with Crippen molar-refractivity contribution < 1.29 is 14.3 Å². The molecule has 0 bridgehead atoms. The molecule has 1 aliphatic rings. The van der Waals surface area contributed by atoms with Crippen LogP contribution in [-0.2, 0) is 22.6 Å². The number of aryl methyl sites for hydroxylation is 2. The van der Waals surface area contributed by atoms with Crippen LogP contribution in [0.2, 0.25) is 0 Å². The normalized spacial score (nSPS) is 15.1. The Kier molecular flexibility index (Phi) is 8.32. The third kappa shape index (κ3) is 6.35. The average molecular weight is 437 g/mol. The lowest BCUT2D eigenvalue weighted by Gasteiger charge is -2.31. The molecular formula is C27H36N2O3. The van der Waals surface area contributed by atoms with E-state index in [4.69, 9.17) is 4.74 Å². The molecule has 0 heterocycles. The van der Waals surface area contributed by atoms with E-state index in [1.54, 1.807) is 12.0 Å². The molecule has 0 radical (unpaired) electrons. The van der Waals surface area contributed by atoms with Gasteiger partial charge < -0.3 is 15.0 Å². The summed E-state index contributed by atoms with van der Waals surface area (Å²) in [7, 11) is 1.63. The summed E-state index contributed by atoms with van der Waals surface area (Å²) in [6, 6.07) is 13.5. The van der Waals surface area contributed by atoms with E-state index in [2.05, 4.69) is 17.4 Å². The van der Waals surface area contributed by atoms with E-state index in [1.807, 2.05) is 51.1 Å². The maximum Gasteiger partial charge on any atom is 0.242 e. The molecule has 1 saturated carbocycles. The molecule has 0 saturated heterocycles. The summed E-state index contributed by atoms with van der Waals surface area (Å²) in [5.41, 5.74) is 4.16. The van der Waals surface area contributed by atoms with Gasteiger partial charge in [-0.3, -0.25) is 9.59 Å². The van der Waals surface area contributed by atoms with Gasteiger partial charge in [0.05, 0.1) is 13.5 Å². The molecule has 2 aromatic carbocycles. The summed E-state index contributed by atoms with van der Waals surface area (Å²) in [6.45, 7) is 6.24. The van der Waals surface area contributed by atoms with Gasteiger partial charge in [-0.25, -0.2) is 0 Å². The first kappa shape index (κ1) is 23.8. The lowest BCUT2D eigenvalue weighted by molar-refractivity contribution is -0.140. The molecule has 2 aromatic rings. The SMILES string of the molecule is COc1cccc(CN(C(=O)Cc2cc(C)ccc2C)C(C)C(=O)NC2CCCCC2)c1. The number of nitrogens with one attached hydrogen (secondary N) is 1. The van der Waals surface area contributed by atoms with E-state index in [9.17, 15) is 9.59 Å². The predicted molar refractivity (Wildman–Crippen MR) is 128 cm³/mol. The number of rotatable bonds is 8. The Morgan fingerprint density at radius 2 is 1.84 bits per heavy atom. The first-order valence-corrected chi connectivity index (χ1v) is 11.7. The highest BCUT2D eigenvalue weighted by Gasteiger charge is 2.28. The van der Waals surface area contributed by atoms with Crippen LogP contribution < -0.4 is 10.1 Å². The van der Waals surface area contributed by atoms with E-state index < -0.39 is 6.04 Å². The van der Waals surface area contributed by atoms with Gasteiger partial charge in [0.2, 0.25) is 11.8 Å². The van der Waals surface area contributed by atoms with Crippen LogP contribution in [0.15, 0.2) is 42.5 Å². The standard InChI is InChI=1S/C27H36N2O3/c1-19-13-14-20(2)23(15-19)17-26(30)29(18-22-9-8-12-25(16-22)32-4)21(3)27(31)28-24-10-6-5-7-11-24/h8-9,12-16,21,24H,5-7,10-11,17-18H2,1-4H3,(H,28,31). The number of amides is 2. The van der Waals surface area contributed by atoms with Crippen molar-refractivity contribution >= 4 is 11.8 Å². The number of methoxy groups -OCH3 is 1. The summed E-state index contributed by atoms with van der Waals surface area (Å²) < 4.78 is 5.35. The van der Waals surface area contributed by atoms with Gasteiger partial charge in [-0.1, -0.05) is 55.2 Å². The quantitative estimate of drug-likeness (QED) is 0.651. The topological polar surface area (TPSA) is 58.6 Å². The van der Waals surface area contributed by atoms with Crippen molar-refractivity contribution in [1.29, 1.82) is 0 Å². The van der Waals surface area contributed by atoms with Crippen molar-refractivity contribution in [3.05, 3.63) is 64.7 Å². The predicted octanol–water partition coefficient (Wildman–Crippen LogP) is 4.72. The fraction of sp³-hybridized carbons (Fsp3) is 0.481. The first-order valence-electron chi connectivity index (χ1n) is 11.7. The lowest BCUT2D eigenvalue weighted by atomic mass is 9.95. The van der Waals surface area contributed by atoms with Crippen LogP contribution in [-0.4, -0.2) is 35.9 Å². The molecule has 3 rings (SSSR count). The van der Waals surface area contributed by atoms with Gasteiger partial charge in [0.25, 0.3) is 0 Å². The largest absolute Gasteiger partial charge is 0.497 e. The van der Waals surface area contributed by atoms with Crippen LogP contribution in [0.5, 0.6) is 5.75 Å². The molecule has 0 aromatic heterocycles. The Morgan fingerprint density at radius 1 is 1.09 bits per heavy atom. The Morgan fingerprint density at radius 3 is 2.56 bits per heavy atom. The maximum absolute atomic E-state index is 13.5. The second-order valence-electron chi connectivity index (χ2n) is 9.00. The Balaban J connectivity index is 1.81. The number of ether oxygens (including phenoxy) is 1. The Hall–Kier alpha value is -2.82. The van der Waals surface area contributed by atoms with Crippen molar-refractivity contribution in [2.75, 3.05) is 7.11 Å².